The Morgan fingerprint density at radius 1 is 1.19 bits per heavy atom. The van der Waals surface area contributed by atoms with Gasteiger partial charge in [0, 0.05) is 12.3 Å². The minimum Gasteiger partial charge on any atom is -0.505 e. The molecule has 0 radical (unpaired) electrons. The number of para-hydroxylation sites is 2. The second-order valence-electron chi connectivity index (χ2n) is 6.37. The SMILES string of the molecule is COc1ccccc1-n1nc(C(=O)Nc2c(C#N)cnn2-c2ccccn2)c(O)cc1=O. The molecule has 2 N–H and O–H groups in total. The number of nitrogens with zero attached hydrogens (tertiary/aromatic N) is 6. The number of nitriles is 1. The van der Waals surface area contributed by atoms with Crippen LogP contribution in [0.25, 0.3) is 11.5 Å². The Labute approximate surface area is 180 Å². The zero-order chi connectivity index (χ0) is 22.7. The van der Waals surface area contributed by atoms with Crippen LogP contribution in [-0.4, -0.2) is 42.7 Å². The standard InChI is InChI=1S/C21H15N7O4/c1-32-16-7-3-2-6-14(16)27-18(30)10-15(29)19(26-27)21(31)25-20-13(11-22)12-24-28(20)17-8-4-5-9-23-17/h2-10,12,29H,1H3,(H,25,31). The van der Waals surface area contributed by atoms with Gasteiger partial charge >= 0.3 is 0 Å². The van der Waals surface area contributed by atoms with Gasteiger partial charge in [-0.05, 0) is 24.3 Å². The van der Waals surface area contributed by atoms with Gasteiger partial charge in [-0.25, -0.2) is 4.98 Å². The lowest BCUT2D eigenvalue weighted by atomic mass is 10.2. The number of anilines is 1. The number of methoxy groups -OCH3 is 1. The number of carbonyl (C=O) groups is 1. The first kappa shape index (κ1) is 20.3. The number of carbonyl (C=O) groups excluding carboxylic acids is 1. The first-order chi connectivity index (χ1) is 15.5. The van der Waals surface area contributed by atoms with Gasteiger partial charge in [-0.3, -0.25) is 9.59 Å². The molecule has 3 aromatic heterocycles. The second kappa shape index (κ2) is 8.41. The fourth-order valence-electron chi connectivity index (χ4n) is 2.96. The van der Waals surface area contributed by atoms with E-state index in [1.807, 2.05) is 6.07 Å². The van der Waals surface area contributed by atoms with Crippen LogP contribution >= 0.6 is 0 Å². The zero-order valence-corrected chi connectivity index (χ0v) is 16.6. The summed E-state index contributed by atoms with van der Waals surface area (Å²) in [5, 5.41) is 30.3. The van der Waals surface area contributed by atoms with Gasteiger partial charge in [-0.15, -0.1) is 0 Å². The monoisotopic (exact) mass is 429 g/mol. The van der Waals surface area contributed by atoms with Crippen molar-refractivity contribution in [2.45, 2.75) is 0 Å². The number of pyridine rings is 1. The lowest BCUT2D eigenvalue weighted by molar-refractivity contribution is 0.101. The van der Waals surface area contributed by atoms with E-state index in [0.29, 0.717) is 11.6 Å². The summed E-state index contributed by atoms with van der Waals surface area (Å²) in [6.45, 7) is 0. The van der Waals surface area contributed by atoms with E-state index >= 15 is 0 Å². The van der Waals surface area contributed by atoms with Gasteiger partial charge in [0.25, 0.3) is 11.5 Å². The summed E-state index contributed by atoms with van der Waals surface area (Å²) in [6.07, 6.45) is 2.80. The predicted molar refractivity (Wildman–Crippen MR) is 112 cm³/mol. The number of ether oxygens (including phenoxy) is 1. The van der Waals surface area contributed by atoms with Crippen molar-refractivity contribution >= 4 is 11.7 Å². The molecular weight excluding hydrogens is 414 g/mol. The molecule has 11 heteroatoms. The lowest BCUT2D eigenvalue weighted by Crippen LogP contribution is -2.26. The van der Waals surface area contributed by atoms with Crippen LogP contribution in [-0.2, 0) is 0 Å². The molecule has 4 rings (SSSR count). The Morgan fingerprint density at radius 2 is 1.97 bits per heavy atom. The number of hydrogen-bond donors (Lipinski definition) is 2. The number of aromatic nitrogens is 5. The molecule has 158 valence electrons. The Morgan fingerprint density at radius 3 is 2.69 bits per heavy atom. The molecule has 0 unspecified atom stereocenters. The van der Waals surface area contributed by atoms with Crippen LogP contribution in [0.3, 0.4) is 0 Å². The summed E-state index contributed by atoms with van der Waals surface area (Å²) in [5.74, 6) is -0.742. The first-order valence-electron chi connectivity index (χ1n) is 9.21. The maximum absolute atomic E-state index is 13.0. The van der Waals surface area contributed by atoms with Crippen molar-refractivity contribution in [2.24, 2.45) is 0 Å². The molecule has 0 aliphatic rings. The molecule has 0 fully saturated rings. The fourth-order valence-corrected chi connectivity index (χ4v) is 2.96. The van der Waals surface area contributed by atoms with Crippen molar-refractivity contribution in [2.75, 3.05) is 12.4 Å². The lowest BCUT2D eigenvalue weighted by Gasteiger charge is -2.12. The Kier molecular flexibility index (Phi) is 5.33. The maximum Gasteiger partial charge on any atom is 0.281 e. The number of nitrogens with one attached hydrogen (secondary N) is 1. The number of rotatable bonds is 5. The van der Waals surface area contributed by atoms with Crippen LogP contribution in [0.5, 0.6) is 11.5 Å². The highest BCUT2D eigenvalue weighted by atomic mass is 16.5. The quantitative estimate of drug-likeness (QED) is 0.487. The maximum atomic E-state index is 13.0. The Balaban J connectivity index is 1.77. The average Bonchev–Trinajstić information content (AvgIpc) is 3.22. The largest absolute Gasteiger partial charge is 0.505 e. The van der Waals surface area contributed by atoms with Gasteiger partial charge in [0.05, 0.1) is 13.3 Å². The minimum absolute atomic E-state index is 0.0347. The smallest absolute Gasteiger partial charge is 0.281 e. The van der Waals surface area contributed by atoms with E-state index in [0.717, 1.165) is 10.7 Å². The summed E-state index contributed by atoms with van der Waals surface area (Å²) >= 11 is 0. The molecule has 0 atom stereocenters. The topological polar surface area (TPSA) is 148 Å². The molecule has 0 saturated heterocycles. The van der Waals surface area contributed by atoms with Crippen molar-refractivity contribution in [3.05, 3.63) is 82.5 Å². The summed E-state index contributed by atoms with van der Waals surface area (Å²) in [7, 11) is 1.43. The summed E-state index contributed by atoms with van der Waals surface area (Å²) in [5.41, 5.74) is -0.750. The van der Waals surface area contributed by atoms with Gasteiger partial charge < -0.3 is 15.2 Å². The van der Waals surface area contributed by atoms with E-state index < -0.39 is 22.9 Å². The molecular formula is C21H15N7O4. The van der Waals surface area contributed by atoms with Crippen molar-refractivity contribution in [3.63, 3.8) is 0 Å². The Bertz CT molecular complexity index is 1400. The highest BCUT2D eigenvalue weighted by Crippen LogP contribution is 2.23. The highest BCUT2D eigenvalue weighted by molar-refractivity contribution is 6.04. The molecule has 4 aromatic rings. The molecule has 3 heterocycles. The molecule has 1 amide bonds. The first-order valence-corrected chi connectivity index (χ1v) is 9.21. The summed E-state index contributed by atoms with van der Waals surface area (Å²) in [6, 6.07) is 14.5. The van der Waals surface area contributed by atoms with E-state index in [4.69, 9.17) is 4.74 Å². The normalized spacial score (nSPS) is 10.4. The van der Waals surface area contributed by atoms with E-state index in [1.54, 1.807) is 42.5 Å². The van der Waals surface area contributed by atoms with Crippen molar-refractivity contribution in [3.8, 4) is 29.1 Å². The summed E-state index contributed by atoms with van der Waals surface area (Å²) in [4.78, 5) is 29.6. The van der Waals surface area contributed by atoms with Crippen LogP contribution in [0.1, 0.15) is 16.1 Å². The van der Waals surface area contributed by atoms with Gasteiger partial charge in [0.15, 0.2) is 23.1 Å². The minimum atomic E-state index is -0.861. The number of benzene rings is 1. The van der Waals surface area contributed by atoms with E-state index in [9.17, 15) is 20.0 Å². The van der Waals surface area contributed by atoms with E-state index in [-0.39, 0.29) is 17.1 Å². The van der Waals surface area contributed by atoms with Crippen LogP contribution in [0, 0.1) is 11.3 Å². The number of aromatic hydroxyl groups is 1. The molecule has 0 aliphatic heterocycles. The van der Waals surface area contributed by atoms with Crippen LogP contribution in [0.15, 0.2) is 65.7 Å². The molecule has 32 heavy (non-hydrogen) atoms. The number of amides is 1. The van der Waals surface area contributed by atoms with Gasteiger partial charge in [0.1, 0.15) is 23.1 Å². The molecule has 11 nitrogen and oxygen atoms in total. The third-order valence-corrected chi connectivity index (χ3v) is 4.43. The summed E-state index contributed by atoms with van der Waals surface area (Å²) < 4.78 is 7.46. The molecule has 0 spiro atoms. The zero-order valence-electron chi connectivity index (χ0n) is 16.6. The van der Waals surface area contributed by atoms with Crippen molar-refractivity contribution in [1.29, 1.82) is 5.26 Å². The van der Waals surface area contributed by atoms with Gasteiger partial charge in [-0.2, -0.15) is 24.8 Å². The molecule has 0 aliphatic carbocycles. The molecule has 0 saturated carbocycles. The van der Waals surface area contributed by atoms with Crippen LogP contribution in [0.2, 0.25) is 0 Å². The van der Waals surface area contributed by atoms with Crippen LogP contribution < -0.4 is 15.6 Å². The van der Waals surface area contributed by atoms with Crippen LogP contribution in [0.4, 0.5) is 5.82 Å². The fraction of sp³-hybridized carbons (Fsp3) is 0.0476. The van der Waals surface area contributed by atoms with Crippen molar-refractivity contribution in [1.82, 2.24) is 24.5 Å². The molecule has 0 bridgehead atoms. The molecule has 1 aromatic carbocycles. The van der Waals surface area contributed by atoms with Gasteiger partial charge in [-0.1, -0.05) is 18.2 Å². The third kappa shape index (κ3) is 3.63. The van der Waals surface area contributed by atoms with Gasteiger partial charge in [0.2, 0.25) is 0 Å². The Hall–Kier alpha value is -4.98. The average molecular weight is 429 g/mol. The van der Waals surface area contributed by atoms with Crippen molar-refractivity contribution < 1.29 is 14.6 Å². The highest BCUT2D eigenvalue weighted by Gasteiger charge is 2.22. The number of hydrogen-bond acceptors (Lipinski definition) is 8. The predicted octanol–water partition coefficient (Wildman–Crippen LogP) is 1.65. The second-order valence-corrected chi connectivity index (χ2v) is 6.37. The van der Waals surface area contributed by atoms with E-state index in [2.05, 4.69) is 20.5 Å². The third-order valence-electron chi connectivity index (χ3n) is 4.43. The van der Waals surface area contributed by atoms with E-state index in [1.165, 1.54) is 24.2 Å².